The van der Waals surface area contributed by atoms with Gasteiger partial charge in [0.1, 0.15) is 8.32 Å². The van der Waals surface area contributed by atoms with Gasteiger partial charge in [0.2, 0.25) is 0 Å². The second-order valence-corrected chi connectivity index (χ2v) is 18.4. The normalized spacial score (nSPS) is 12.8. The fourth-order valence-corrected chi connectivity index (χ4v) is 13.6. The zero-order valence-electron chi connectivity index (χ0n) is 12.2. The van der Waals surface area contributed by atoms with Crippen LogP contribution in [0.1, 0.15) is 0 Å². The minimum atomic E-state index is -1.91. The predicted octanol–water partition coefficient (Wildman–Crippen LogP) is 4.05. The summed E-state index contributed by atoms with van der Waals surface area (Å²) in [5.74, 6) is 0. The van der Waals surface area contributed by atoms with E-state index >= 15 is 0 Å². The van der Waals surface area contributed by atoms with Gasteiger partial charge in [-0.3, -0.25) is 0 Å². The fraction of sp³-hybridized carbons (Fsp3) is 0.800. The van der Waals surface area contributed by atoms with E-state index in [9.17, 15) is 0 Å². The van der Waals surface area contributed by atoms with Gasteiger partial charge in [0.25, 0.3) is 0 Å². The molecule has 0 aromatic rings. The Morgan fingerprint density at radius 3 is 1.50 bits per heavy atom. The first-order valence-corrected chi connectivity index (χ1v) is 14.5. The number of hydrogen-bond donors (Lipinski definition) is 0. The van der Waals surface area contributed by atoms with E-state index in [0.29, 0.717) is 0 Å². The van der Waals surface area contributed by atoms with Crippen molar-refractivity contribution >= 4 is 25.2 Å². The van der Waals surface area contributed by atoms with Gasteiger partial charge >= 0.3 is 39.7 Å². The molecule has 0 aliphatic heterocycles. The molecule has 6 heteroatoms. The van der Waals surface area contributed by atoms with Crippen LogP contribution in [0.2, 0.25) is 51.9 Å². The molecule has 0 rings (SSSR count). The van der Waals surface area contributed by atoms with Crippen molar-refractivity contribution in [2.45, 2.75) is 51.9 Å². The van der Waals surface area contributed by atoms with Crippen LogP contribution in [0.3, 0.4) is 0 Å². The largest absolute Gasteiger partial charge is 2.00 e. The molecule has 0 saturated heterocycles. The third kappa shape index (κ3) is 12.1. The van der Waals surface area contributed by atoms with Crippen molar-refractivity contribution in [3.05, 3.63) is 14.4 Å². The van der Waals surface area contributed by atoms with Crippen molar-refractivity contribution in [2.75, 3.05) is 0 Å². The molecular formula is C10H28O2Si3U. The van der Waals surface area contributed by atoms with E-state index in [1.54, 1.807) is 0 Å². The molecule has 0 fully saturated rings. The Balaban J connectivity index is -0.000000845. The monoisotopic (exact) mass is 502 g/mol. The van der Waals surface area contributed by atoms with Gasteiger partial charge in [-0.05, 0) is 45.8 Å². The minimum Gasteiger partial charge on any atom is -0.439 e. The van der Waals surface area contributed by atoms with Crippen molar-refractivity contribution in [2.24, 2.45) is 0 Å². The summed E-state index contributed by atoms with van der Waals surface area (Å²) in [6.45, 7) is 19.3. The van der Waals surface area contributed by atoms with Crippen LogP contribution in [0.15, 0.2) is 0 Å². The molecule has 0 heterocycles. The molecule has 0 amide bonds. The summed E-state index contributed by atoms with van der Waals surface area (Å²) in [5.41, 5.74) is 0. The maximum absolute atomic E-state index is 6.18. The maximum Gasteiger partial charge on any atom is 2.00 e. The number of hydrogen-bond acceptors (Lipinski definition) is 2. The Hall–Kier alpha value is 1.62. The van der Waals surface area contributed by atoms with Crippen molar-refractivity contribution in [1.29, 1.82) is 0 Å². The zero-order chi connectivity index (χ0) is 11.6. The topological polar surface area (TPSA) is 18.5 Å². The zero-order valence-corrected chi connectivity index (χ0v) is 19.4. The summed E-state index contributed by atoms with van der Waals surface area (Å²) in [6.07, 6.45) is 0. The molecule has 0 atom stereocenters. The molecule has 0 unspecified atom stereocenters. The van der Waals surface area contributed by atoms with Crippen molar-refractivity contribution in [3.8, 4) is 0 Å². The SMILES string of the molecule is [CH2-]C[Si](C)(C)O[Si](C)(C)O[Si](C)(C)C.[CH3-].[U+2]. The van der Waals surface area contributed by atoms with E-state index in [1.807, 2.05) is 0 Å². The second kappa shape index (κ2) is 7.93. The van der Waals surface area contributed by atoms with Gasteiger partial charge in [0.15, 0.2) is 8.32 Å². The quantitative estimate of drug-likeness (QED) is 0.417. The molecule has 96 valence electrons. The molecule has 0 N–H and O–H groups in total. The average Bonchev–Trinajstić information content (AvgIpc) is 1.78. The van der Waals surface area contributed by atoms with Gasteiger partial charge in [-0.2, -0.15) is 6.04 Å². The van der Waals surface area contributed by atoms with E-state index in [-0.39, 0.29) is 38.5 Å². The van der Waals surface area contributed by atoms with E-state index in [1.165, 1.54) is 0 Å². The predicted molar refractivity (Wildman–Crippen MR) is 77.1 cm³/mol. The Morgan fingerprint density at radius 2 is 1.25 bits per heavy atom. The first-order valence-electron chi connectivity index (χ1n) is 5.17. The smallest absolute Gasteiger partial charge is 0.439 e. The van der Waals surface area contributed by atoms with Crippen LogP contribution in [0.4, 0.5) is 0 Å². The van der Waals surface area contributed by atoms with Crippen LogP contribution in [0, 0.1) is 45.5 Å². The van der Waals surface area contributed by atoms with Crippen LogP contribution >= 0.6 is 0 Å². The van der Waals surface area contributed by atoms with Crippen molar-refractivity contribution < 1.29 is 39.3 Å². The van der Waals surface area contributed by atoms with E-state index < -0.39 is 25.2 Å². The third-order valence-corrected chi connectivity index (χ3v) is 11.5. The van der Waals surface area contributed by atoms with Crippen molar-refractivity contribution in [3.63, 3.8) is 0 Å². The Labute approximate surface area is 130 Å². The standard InChI is InChI=1S/C9H25O2Si3.CH3.U/c1-9-13(5,6)11-14(7,8)10-12(2,3)4;;/h1,9H2,2-8H3;1H3;/q2*-1;+2. The van der Waals surface area contributed by atoms with E-state index in [0.717, 1.165) is 6.04 Å². The third-order valence-electron chi connectivity index (χ3n) is 1.68. The van der Waals surface area contributed by atoms with Crippen LogP contribution < -0.4 is 0 Å². The maximum atomic E-state index is 6.18. The summed E-state index contributed by atoms with van der Waals surface area (Å²) < 4.78 is 12.3. The average molecular weight is 503 g/mol. The molecule has 0 aromatic carbocycles. The van der Waals surface area contributed by atoms with Gasteiger partial charge in [0, 0.05) is 0 Å². The van der Waals surface area contributed by atoms with Crippen molar-refractivity contribution in [1.82, 2.24) is 0 Å². The first kappa shape index (κ1) is 22.8. The second-order valence-electron chi connectivity index (χ2n) is 5.73. The molecule has 0 aliphatic carbocycles. The van der Waals surface area contributed by atoms with E-state index in [2.05, 4.69) is 52.8 Å². The molecule has 0 aliphatic rings. The summed E-state index contributed by atoms with van der Waals surface area (Å²) in [5, 5.41) is 0. The molecule has 0 saturated carbocycles. The fourth-order valence-electron chi connectivity index (χ4n) is 1.47. The Bertz CT molecular complexity index is 191. The molecule has 0 spiro atoms. The van der Waals surface area contributed by atoms with Crippen LogP contribution in [0.25, 0.3) is 0 Å². The Morgan fingerprint density at radius 1 is 0.875 bits per heavy atom. The van der Waals surface area contributed by atoms with Gasteiger partial charge < -0.3 is 22.6 Å². The van der Waals surface area contributed by atoms with Crippen LogP contribution in [-0.4, -0.2) is 25.2 Å². The van der Waals surface area contributed by atoms with Crippen LogP contribution in [-0.2, 0) is 8.23 Å². The molecule has 0 radical (unpaired) electrons. The van der Waals surface area contributed by atoms with Gasteiger partial charge in [-0.1, -0.05) is 0 Å². The summed E-state index contributed by atoms with van der Waals surface area (Å²) in [7, 11) is -4.94. The van der Waals surface area contributed by atoms with Gasteiger partial charge in [-0.15, -0.1) is 0 Å². The first-order chi connectivity index (χ1) is 5.97. The molecule has 0 aromatic heterocycles. The molecular weight excluding hydrogens is 474 g/mol. The molecule has 2 nitrogen and oxygen atoms in total. The van der Waals surface area contributed by atoms with Gasteiger partial charge in [0.05, 0.1) is 0 Å². The van der Waals surface area contributed by atoms with Crippen LogP contribution in [0.5, 0.6) is 0 Å². The Kier molecular flexibility index (Phi) is 11.3. The molecule has 0 bridgehead atoms. The number of rotatable bonds is 5. The summed E-state index contributed by atoms with van der Waals surface area (Å²) >= 11 is 0. The summed E-state index contributed by atoms with van der Waals surface area (Å²) in [4.78, 5) is 0. The van der Waals surface area contributed by atoms with Gasteiger partial charge in [-0.25, -0.2) is 0 Å². The summed E-state index contributed by atoms with van der Waals surface area (Å²) in [6, 6.07) is 0.915. The minimum absolute atomic E-state index is 0. The molecule has 16 heavy (non-hydrogen) atoms. The van der Waals surface area contributed by atoms with E-state index in [4.69, 9.17) is 8.23 Å².